The SMILES string of the molecule is Cc1nc(C)c(-c2ccc([C@]34CNC[C@H]3C4)cc2)s1. The second kappa shape index (κ2) is 3.90. The molecule has 2 aliphatic rings. The Labute approximate surface area is 117 Å². The number of aromatic nitrogens is 1. The van der Waals surface area contributed by atoms with Crippen LogP contribution in [0, 0.1) is 19.8 Å². The molecule has 2 nitrogen and oxygen atoms in total. The van der Waals surface area contributed by atoms with Crippen LogP contribution in [0.15, 0.2) is 24.3 Å². The summed E-state index contributed by atoms with van der Waals surface area (Å²) in [7, 11) is 0. The second-order valence-electron chi connectivity index (χ2n) is 5.91. The van der Waals surface area contributed by atoms with E-state index < -0.39 is 0 Å². The van der Waals surface area contributed by atoms with Crippen LogP contribution in [0.2, 0.25) is 0 Å². The predicted molar refractivity (Wildman–Crippen MR) is 79.7 cm³/mol. The predicted octanol–water partition coefficient (Wildman–Crippen LogP) is 3.29. The molecular weight excluding hydrogens is 252 g/mol. The van der Waals surface area contributed by atoms with Crippen molar-refractivity contribution >= 4 is 11.3 Å². The Bertz CT molecular complexity index is 629. The molecule has 1 aliphatic heterocycles. The molecule has 1 saturated carbocycles. The van der Waals surface area contributed by atoms with Gasteiger partial charge in [0.25, 0.3) is 0 Å². The summed E-state index contributed by atoms with van der Waals surface area (Å²) >= 11 is 1.79. The Morgan fingerprint density at radius 1 is 1.26 bits per heavy atom. The van der Waals surface area contributed by atoms with Gasteiger partial charge in [-0.05, 0) is 43.9 Å². The first kappa shape index (κ1) is 11.6. The highest BCUT2D eigenvalue weighted by molar-refractivity contribution is 7.15. The van der Waals surface area contributed by atoms with Crippen LogP contribution in [-0.4, -0.2) is 18.1 Å². The van der Waals surface area contributed by atoms with Crippen molar-refractivity contribution in [3.8, 4) is 10.4 Å². The van der Waals surface area contributed by atoms with Crippen molar-refractivity contribution in [1.29, 1.82) is 0 Å². The lowest BCUT2D eigenvalue weighted by Gasteiger charge is -2.12. The van der Waals surface area contributed by atoms with Gasteiger partial charge in [-0.3, -0.25) is 0 Å². The van der Waals surface area contributed by atoms with Crippen LogP contribution in [0.5, 0.6) is 0 Å². The average molecular weight is 270 g/mol. The monoisotopic (exact) mass is 270 g/mol. The van der Waals surface area contributed by atoms with Gasteiger partial charge in [0.1, 0.15) is 0 Å². The average Bonchev–Trinajstić information content (AvgIpc) is 2.79. The van der Waals surface area contributed by atoms with E-state index in [4.69, 9.17) is 0 Å². The highest BCUT2D eigenvalue weighted by atomic mass is 32.1. The fourth-order valence-electron chi connectivity index (χ4n) is 3.54. The first-order valence-corrected chi connectivity index (χ1v) is 7.76. The number of fused-ring (bicyclic) bond motifs is 1. The first-order valence-electron chi connectivity index (χ1n) is 6.95. The van der Waals surface area contributed by atoms with E-state index in [1.54, 1.807) is 11.3 Å². The van der Waals surface area contributed by atoms with Crippen LogP contribution in [0.1, 0.15) is 22.7 Å². The van der Waals surface area contributed by atoms with Crippen LogP contribution < -0.4 is 5.32 Å². The standard InChI is InChI=1S/C16H18N2S/c1-10-15(19-11(2)18-10)12-3-5-13(6-4-12)16-7-14(16)8-17-9-16/h3-6,14,17H,7-9H2,1-2H3/t14-,16+/m1/s1. The zero-order valence-corrected chi connectivity index (χ0v) is 12.2. The highest BCUT2D eigenvalue weighted by Gasteiger charge is 2.57. The smallest absolute Gasteiger partial charge is 0.0903 e. The van der Waals surface area contributed by atoms with Gasteiger partial charge in [-0.15, -0.1) is 11.3 Å². The molecule has 1 aromatic heterocycles. The van der Waals surface area contributed by atoms with Gasteiger partial charge >= 0.3 is 0 Å². The third-order valence-corrected chi connectivity index (χ3v) is 5.81. The zero-order chi connectivity index (χ0) is 13.0. The number of piperidine rings is 1. The minimum Gasteiger partial charge on any atom is -0.316 e. The van der Waals surface area contributed by atoms with Crippen LogP contribution in [0.3, 0.4) is 0 Å². The van der Waals surface area contributed by atoms with Gasteiger partial charge in [-0.25, -0.2) is 4.98 Å². The summed E-state index contributed by atoms with van der Waals surface area (Å²) in [5.41, 5.74) is 4.45. The quantitative estimate of drug-likeness (QED) is 0.906. The molecule has 1 aromatic carbocycles. The van der Waals surface area contributed by atoms with Crippen molar-refractivity contribution < 1.29 is 0 Å². The number of benzene rings is 1. The van der Waals surface area contributed by atoms with E-state index in [0.717, 1.165) is 23.2 Å². The van der Waals surface area contributed by atoms with Crippen LogP contribution in [-0.2, 0) is 5.41 Å². The van der Waals surface area contributed by atoms with Crippen molar-refractivity contribution in [3.05, 3.63) is 40.5 Å². The van der Waals surface area contributed by atoms with E-state index in [1.165, 1.54) is 29.0 Å². The minimum atomic E-state index is 0.469. The van der Waals surface area contributed by atoms with Crippen molar-refractivity contribution in [2.24, 2.45) is 5.92 Å². The Morgan fingerprint density at radius 2 is 2.05 bits per heavy atom. The zero-order valence-electron chi connectivity index (χ0n) is 11.4. The lowest BCUT2D eigenvalue weighted by molar-refractivity contribution is 0.676. The van der Waals surface area contributed by atoms with E-state index >= 15 is 0 Å². The first-order chi connectivity index (χ1) is 9.19. The van der Waals surface area contributed by atoms with Crippen molar-refractivity contribution in [2.45, 2.75) is 25.7 Å². The van der Waals surface area contributed by atoms with E-state index in [-0.39, 0.29) is 0 Å². The number of nitrogens with one attached hydrogen (secondary N) is 1. The summed E-state index contributed by atoms with van der Waals surface area (Å²) in [5.74, 6) is 0.880. The molecule has 1 saturated heterocycles. The van der Waals surface area contributed by atoms with E-state index in [0.29, 0.717) is 5.41 Å². The lowest BCUT2D eigenvalue weighted by atomic mass is 9.94. The number of rotatable bonds is 2. The molecule has 2 heterocycles. The maximum absolute atomic E-state index is 4.52. The molecule has 3 heteroatoms. The summed E-state index contributed by atoms with van der Waals surface area (Å²) in [6.07, 6.45) is 1.37. The molecule has 2 atom stereocenters. The molecule has 0 spiro atoms. The van der Waals surface area contributed by atoms with Crippen LogP contribution >= 0.6 is 11.3 Å². The number of aryl methyl sites for hydroxylation is 2. The number of hydrogen-bond acceptors (Lipinski definition) is 3. The maximum atomic E-state index is 4.52. The molecule has 0 bridgehead atoms. The summed E-state index contributed by atoms with van der Waals surface area (Å²) in [5, 5.41) is 4.66. The molecule has 2 fully saturated rings. The van der Waals surface area contributed by atoms with E-state index in [2.05, 4.69) is 48.4 Å². The molecule has 19 heavy (non-hydrogen) atoms. The molecule has 0 unspecified atom stereocenters. The Hall–Kier alpha value is -1.19. The van der Waals surface area contributed by atoms with Crippen LogP contribution in [0.25, 0.3) is 10.4 Å². The summed E-state index contributed by atoms with van der Waals surface area (Å²) in [6.45, 7) is 6.54. The maximum Gasteiger partial charge on any atom is 0.0903 e. The normalized spacial score (nSPS) is 28.4. The highest BCUT2D eigenvalue weighted by Crippen LogP contribution is 2.56. The Balaban J connectivity index is 1.68. The topological polar surface area (TPSA) is 24.9 Å². The van der Waals surface area contributed by atoms with Gasteiger partial charge in [-0.1, -0.05) is 24.3 Å². The lowest BCUT2D eigenvalue weighted by Crippen LogP contribution is -2.19. The van der Waals surface area contributed by atoms with Gasteiger partial charge in [0, 0.05) is 12.0 Å². The second-order valence-corrected chi connectivity index (χ2v) is 7.12. The number of hydrogen-bond donors (Lipinski definition) is 1. The van der Waals surface area contributed by atoms with Crippen molar-refractivity contribution in [1.82, 2.24) is 10.3 Å². The Morgan fingerprint density at radius 3 is 2.58 bits per heavy atom. The van der Waals surface area contributed by atoms with E-state index in [1.807, 2.05) is 0 Å². The number of thiazole rings is 1. The molecule has 4 rings (SSSR count). The van der Waals surface area contributed by atoms with Crippen molar-refractivity contribution in [3.63, 3.8) is 0 Å². The largest absolute Gasteiger partial charge is 0.316 e. The fourth-order valence-corrected chi connectivity index (χ4v) is 4.47. The van der Waals surface area contributed by atoms with Gasteiger partial charge in [0.15, 0.2) is 0 Å². The van der Waals surface area contributed by atoms with Gasteiger partial charge < -0.3 is 5.32 Å². The number of nitrogens with zero attached hydrogens (tertiary/aromatic N) is 1. The fraction of sp³-hybridized carbons (Fsp3) is 0.438. The molecule has 1 aliphatic carbocycles. The van der Waals surface area contributed by atoms with Gasteiger partial charge in [-0.2, -0.15) is 0 Å². The molecule has 2 aromatic rings. The summed E-state index contributed by atoms with van der Waals surface area (Å²) < 4.78 is 0. The molecule has 98 valence electrons. The molecular formula is C16H18N2S. The van der Waals surface area contributed by atoms with Gasteiger partial charge in [0.05, 0.1) is 15.6 Å². The van der Waals surface area contributed by atoms with Crippen LogP contribution in [0.4, 0.5) is 0 Å². The third kappa shape index (κ3) is 1.68. The van der Waals surface area contributed by atoms with Gasteiger partial charge in [0.2, 0.25) is 0 Å². The molecule has 0 amide bonds. The summed E-state index contributed by atoms with van der Waals surface area (Å²) in [6, 6.07) is 9.21. The summed E-state index contributed by atoms with van der Waals surface area (Å²) in [4.78, 5) is 5.84. The Kier molecular flexibility index (Phi) is 2.39. The molecule has 0 radical (unpaired) electrons. The van der Waals surface area contributed by atoms with E-state index in [9.17, 15) is 0 Å². The molecule has 1 N–H and O–H groups in total. The third-order valence-electron chi connectivity index (χ3n) is 4.69. The minimum absolute atomic E-state index is 0.469. The van der Waals surface area contributed by atoms with Crippen molar-refractivity contribution in [2.75, 3.05) is 13.1 Å².